The van der Waals surface area contributed by atoms with Crippen molar-refractivity contribution in [2.24, 2.45) is 0 Å². The van der Waals surface area contributed by atoms with Gasteiger partial charge in [0.1, 0.15) is 0 Å². The average Bonchev–Trinajstić information content (AvgIpc) is 3.80. The highest BCUT2D eigenvalue weighted by Crippen LogP contribution is 2.63. The van der Waals surface area contributed by atoms with Gasteiger partial charge in [0.25, 0.3) is 0 Å². The minimum absolute atomic E-state index is 0.533. The van der Waals surface area contributed by atoms with Gasteiger partial charge in [-0.1, -0.05) is 170 Å². The van der Waals surface area contributed by atoms with E-state index in [0.29, 0.717) is 0 Å². The lowest BCUT2D eigenvalue weighted by Gasteiger charge is -2.39. The number of fused-ring (bicyclic) bond motifs is 14. The molecule has 2 nitrogen and oxygen atoms in total. The molecule has 13 rings (SSSR count). The molecule has 0 N–H and O–H groups in total. The predicted molar refractivity (Wildman–Crippen MR) is 247 cm³/mol. The van der Waals surface area contributed by atoms with Gasteiger partial charge in [-0.25, -0.2) is 0 Å². The van der Waals surface area contributed by atoms with E-state index in [1.165, 1.54) is 93.5 Å². The van der Waals surface area contributed by atoms with Gasteiger partial charge in [0.15, 0.2) is 0 Å². The lowest BCUT2D eigenvalue weighted by atomic mass is 9.65. The zero-order valence-corrected chi connectivity index (χ0v) is 32.2. The Morgan fingerprint density at radius 2 is 0.983 bits per heavy atom. The minimum Gasteiger partial charge on any atom is -0.310 e. The second-order valence-electron chi connectivity index (χ2n) is 16.0. The maximum Gasteiger partial charge on any atom is 0.0755 e. The van der Waals surface area contributed by atoms with Crippen molar-refractivity contribution in [3.63, 3.8) is 0 Å². The number of aromatic nitrogens is 1. The van der Waals surface area contributed by atoms with E-state index in [1.54, 1.807) is 0 Å². The van der Waals surface area contributed by atoms with E-state index in [9.17, 15) is 0 Å². The highest BCUT2D eigenvalue weighted by Gasteiger charge is 2.51. The predicted octanol–water partition coefficient (Wildman–Crippen LogP) is 14.9. The van der Waals surface area contributed by atoms with Gasteiger partial charge in [-0.15, -0.1) is 0 Å². The second kappa shape index (κ2) is 12.2. The van der Waals surface area contributed by atoms with Crippen molar-refractivity contribution >= 4 is 60.4 Å². The summed E-state index contributed by atoms with van der Waals surface area (Å²) in [6.45, 7) is 0. The van der Waals surface area contributed by atoms with Gasteiger partial charge in [-0.05, 0) is 109 Å². The molecule has 59 heavy (non-hydrogen) atoms. The van der Waals surface area contributed by atoms with Gasteiger partial charge in [0.2, 0.25) is 0 Å². The van der Waals surface area contributed by atoms with E-state index in [0.717, 1.165) is 17.1 Å². The zero-order chi connectivity index (χ0) is 38.7. The molecule has 0 radical (unpaired) electrons. The van der Waals surface area contributed by atoms with Crippen molar-refractivity contribution in [2.45, 2.75) is 5.41 Å². The van der Waals surface area contributed by atoms with Crippen LogP contribution in [0.3, 0.4) is 0 Å². The standard InChI is InChI=1S/C57H36N2/c1-2-14-37(15-3-1)40-28-29-42-36-44(33-31-41(42)34-40)58(43-32-30-38-16-4-5-17-39(38)35-43)54-27-13-23-50-55(54)47-19-6-8-21-48(47)57(50)49-22-9-11-26-53(49)59-52-25-10-7-18-45(52)46-20-12-24-51(57)56(46)59/h1-36H. The highest BCUT2D eigenvalue weighted by molar-refractivity contribution is 6.13. The van der Waals surface area contributed by atoms with Crippen LogP contribution >= 0.6 is 0 Å². The monoisotopic (exact) mass is 748 g/mol. The van der Waals surface area contributed by atoms with Crippen LogP contribution in [0.5, 0.6) is 0 Å². The molecule has 1 aromatic heterocycles. The van der Waals surface area contributed by atoms with Gasteiger partial charge >= 0.3 is 0 Å². The molecule has 2 heteroatoms. The summed E-state index contributed by atoms with van der Waals surface area (Å²) in [4.78, 5) is 2.50. The Morgan fingerprint density at radius 1 is 0.373 bits per heavy atom. The van der Waals surface area contributed by atoms with E-state index in [4.69, 9.17) is 0 Å². The fourth-order valence-electron chi connectivity index (χ4n) is 10.7. The van der Waals surface area contributed by atoms with Crippen molar-refractivity contribution in [2.75, 3.05) is 4.90 Å². The molecule has 11 aromatic rings. The van der Waals surface area contributed by atoms with Gasteiger partial charge in [-0.3, -0.25) is 0 Å². The summed E-state index contributed by atoms with van der Waals surface area (Å²) in [5.41, 5.74) is 16.9. The summed E-state index contributed by atoms with van der Waals surface area (Å²) in [5.74, 6) is 0. The molecule has 2 heterocycles. The Morgan fingerprint density at radius 3 is 1.86 bits per heavy atom. The quantitative estimate of drug-likeness (QED) is 0.174. The molecule has 2 aliphatic rings. The number of hydrogen-bond acceptors (Lipinski definition) is 1. The van der Waals surface area contributed by atoms with Gasteiger partial charge < -0.3 is 9.47 Å². The molecule has 0 bridgehead atoms. The smallest absolute Gasteiger partial charge is 0.0755 e. The molecule has 274 valence electrons. The molecule has 10 aromatic carbocycles. The molecule has 1 aliphatic carbocycles. The minimum atomic E-state index is -0.533. The Labute approximate surface area is 342 Å². The van der Waals surface area contributed by atoms with Crippen molar-refractivity contribution in [3.05, 3.63) is 241 Å². The molecular formula is C57H36N2. The van der Waals surface area contributed by atoms with Gasteiger partial charge in [-0.2, -0.15) is 0 Å². The van der Waals surface area contributed by atoms with Crippen LogP contribution < -0.4 is 4.90 Å². The summed E-state index contributed by atoms with van der Waals surface area (Å²) < 4.78 is 2.52. The summed E-state index contributed by atoms with van der Waals surface area (Å²) in [6.07, 6.45) is 0. The fraction of sp³-hybridized carbons (Fsp3) is 0.0175. The SMILES string of the molecule is c1ccc(-c2ccc3cc(N(c4ccc5ccccc5c4)c4cccc5c4-c4ccccc4C54c5ccccc5-n5c6ccccc6c6cccc4c65)ccc3c2)cc1. The van der Waals surface area contributed by atoms with Crippen LogP contribution in [0, 0.1) is 0 Å². The largest absolute Gasteiger partial charge is 0.310 e. The zero-order valence-electron chi connectivity index (χ0n) is 32.2. The van der Waals surface area contributed by atoms with Gasteiger partial charge in [0, 0.05) is 27.7 Å². The van der Waals surface area contributed by atoms with E-state index in [-0.39, 0.29) is 0 Å². The third kappa shape index (κ3) is 4.40. The summed E-state index contributed by atoms with van der Waals surface area (Å²) >= 11 is 0. The van der Waals surface area contributed by atoms with Crippen LogP contribution in [-0.2, 0) is 5.41 Å². The first-order chi connectivity index (χ1) is 29.3. The number of anilines is 3. The first kappa shape index (κ1) is 32.4. The first-order valence-corrected chi connectivity index (χ1v) is 20.5. The van der Waals surface area contributed by atoms with E-state index >= 15 is 0 Å². The van der Waals surface area contributed by atoms with E-state index in [2.05, 4.69) is 228 Å². The molecule has 1 atom stereocenters. The molecule has 1 unspecified atom stereocenters. The molecule has 1 aliphatic heterocycles. The third-order valence-corrected chi connectivity index (χ3v) is 13.1. The van der Waals surface area contributed by atoms with E-state index in [1.807, 2.05) is 0 Å². The van der Waals surface area contributed by atoms with Crippen LogP contribution in [0.1, 0.15) is 22.3 Å². The number of para-hydroxylation sites is 3. The molecule has 1 spiro atoms. The van der Waals surface area contributed by atoms with Crippen LogP contribution in [0.4, 0.5) is 17.1 Å². The summed E-state index contributed by atoms with van der Waals surface area (Å²) in [7, 11) is 0. The molecule has 0 saturated heterocycles. The first-order valence-electron chi connectivity index (χ1n) is 20.5. The topological polar surface area (TPSA) is 8.17 Å². The van der Waals surface area contributed by atoms with E-state index < -0.39 is 5.41 Å². The highest BCUT2D eigenvalue weighted by atomic mass is 15.1. The number of nitrogens with zero attached hydrogens (tertiary/aromatic N) is 2. The third-order valence-electron chi connectivity index (χ3n) is 13.1. The second-order valence-corrected chi connectivity index (χ2v) is 16.0. The summed E-state index contributed by atoms with van der Waals surface area (Å²) in [6, 6.07) is 81.2. The number of benzene rings is 10. The van der Waals surface area contributed by atoms with Gasteiger partial charge in [0.05, 0.1) is 27.8 Å². The summed E-state index contributed by atoms with van der Waals surface area (Å²) in [5, 5.41) is 7.45. The molecular weight excluding hydrogens is 713 g/mol. The van der Waals surface area contributed by atoms with Crippen molar-refractivity contribution < 1.29 is 0 Å². The maximum absolute atomic E-state index is 2.52. The maximum atomic E-state index is 2.52. The fourth-order valence-corrected chi connectivity index (χ4v) is 10.7. The normalized spacial score (nSPS) is 14.8. The van der Waals surface area contributed by atoms with Crippen LogP contribution in [0.2, 0.25) is 0 Å². The molecule has 0 amide bonds. The lowest BCUT2D eigenvalue weighted by Crippen LogP contribution is -2.33. The number of hydrogen-bond donors (Lipinski definition) is 0. The molecule has 0 saturated carbocycles. The van der Waals surface area contributed by atoms with Crippen LogP contribution in [-0.4, -0.2) is 4.57 Å². The Bertz CT molecular complexity index is 3520. The van der Waals surface area contributed by atoms with Crippen molar-refractivity contribution in [1.82, 2.24) is 4.57 Å². The van der Waals surface area contributed by atoms with Crippen molar-refractivity contribution in [3.8, 4) is 27.9 Å². The number of rotatable bonds is 4. The Kier molecular flexibility index (Phi) is 6.68. The molecule has 0 fully saturated rings. The Balaban J connectivity index is 1.11. The van der Waals surface area contributed by atoms with Crippen molar-refractivity contribution in [1.29, 1.82) is 0 Å². The van der Waals surface area contributed by atoms with Crippen LogP contribution in [0.25, 0.3) is 71.3 Å². The van der Waals surface area contributed by atoms with Crippen LogP contribution in [0.15, 0.2) is 218 Å². The average molecular weight is 749 g/mol. The lowest BCUT2D eigenvalue weighted by molar-refractivity contribution is 0.748. The Hall–Kier alpha value is -7.68.